The Bertz CT molecular complexity index is 161. The maximum Gasteiger partial charge on any atom is 0.313 e. The van der Waals surface area contributed by atoms with Crippen LogP contribution in [0.1, 0.15) is 40.0 Å². The zero-order valence-corrected chi connectivity index (χ0v) is 7.92. The van der Waals surface area contributed by atoms with Crippen molar-refractivity contribution in [3.63, 3.8) is 0 Å². The van der Waals surface area contributed by atoms with Crippen LogP contribution < -0.4 is 0 Å². The third-order valence-corrected chi connectivity index (χ3v) is 1.44. The van der Waals surface area contributed by atoms with Crippen molar-refractivity contribution >= 4 is 11.9 Å². The second kappa shape index (κ2) is 5.75. The molecule has 0 aliphatic rings. The van der Waals surface area contributed by atoms with Gasteiger partial charge in [0.25, 0.3) is 0 Å². The zero-order chi connectivity index (χ0) is 9.56. The zero-order valence-electron chi connectivity index (χ0n) is 7.92. The van der Waals surface area contributed by atoms with Crippen molar-refractivity contribution in [1.29, 1.82) is 0 Å². The minimum absolute atomic E-state index is 0.257. The second-order valence-electron chi connectivity index (χ2n) is 3.13. The Morgan fingerprint density at radius 1 is 1.25 bits per heavy atom. The first-order valence-electron chi connectivity index (χ1n) is 4.29. The van der Waals surface area contributed by atoms with Crippen molar-refractivity contribution in [2.45, 2.75) is 40.0 Å². The molecule has 0 aromatic rings. The van der Waals surface area contributed by atoms with E-state index in [4.69, 9.17) is 0 Å². The van der Waals surface area contributed by atoms with Gasteiger partial charge in [0.05, 0.1) is 0 Å². The Balaban J connectivity index is 3.53. The number of esters is 2. The van der Waals surface area contributed by atoms with Crippen LogP contribution in [0, 0.1) is 5.92 Å². The number of ether oxygens (including phenoxy) is 1. The summed E-state index contributed by atoms with van der Waals surface area (Å²) in [4.78, 5) is 21.5. The van der Waals surface area contributed by atoms with E-state index < -0.39 is 11.9 Å². The quantitative estimate of drug-likeness (QED) is 0.480. The highest BCUT2D eigenvalue weighted by atomic mass is 16.6. The molecule has 0 rings (SSSR count). The molecule has 0 bridgehead atoms. The van der Waals surface area contributed by atoms with E-state index in [-0.39, 0.29) is 6.42 Å². The third kappa shape index (κ3) is 5.89. The first-order chi connectivity index (χ1) is 5.56. The van der Waals surface area contributed by atoms with Crippen LogP contribution in [0.4, 0.5) is 0 Å². The lowest BCUT2D eigenvalue weighted by molar-refractivity contribution is -0.159. The van der Waals surface area contributed by atoms with E-state index in [0.29, 0.717) is 12.3 Å². The fourth-order valence-electron chi connectivity index (χ4n) is 0.657. The van der Waals surface area contributed by atoms with E-state index in [1.807, 2.05) is 13.8 Å². The molecular weight excluding hydrogens is 156 g/mol. The summed E-state index contributed by atoms with van der Waals surface area (Å²) >= 11 is 0. The smallest absolute Gasteiger partial charge is 0.313 e. The summed E-state index contributed by atoms with van der Waals surface area (Å²) in [5.74, 6) is -0.381. The molecule has 0 N–H and O–H groups in total. The Morgan fingerprint density at radius 3 is 2.25 bits per heavy atom. The molecule has 0 aromatic heterocycles. The van der Waals surface area contributed by atoms with Crippen molar-refractivity contribution in [2.75, 3.05) is 0 Å². The number of carbonyl (C=O) groups is 2. The van der Waals surface area contributed by atoms with Gasteiger partial charge in [-0.3, -0.25) is 9.59 Å². The fourth-order valence-corrected chi connectivity index (χ4v) is 0.657. The SMILES string of the molecule is CCC(=O)OC(=O)CCC(C)C. The van der Waals surface area contributed by atoms with Gasteiger partial charge in [-0.15, -0.1) is 0 Å². The maximum atomic E-state index is 10.9. The van der Waals surface area contributed by atoms with Gasteiger partial charge in [-0.2, -0.15) is 0 Å². The molecule has 0 aliphatic carbocycles. The van der Waals surface area contributed by atoms with Crippen LogP contribution in [0.15, 0.2) is 0 Å². The molecule has 0 amide bonds. The average molecular weight is 172 g/mol. The summed E-state index contributed by atoms with van der Waals surface area (Å²) in [6.07, 6.45) is 1.37. The lowest BCUT2D eigenvalue weighted by Crippen LogP contribution is -2.11. The predicted molar refractivity (Wildman–Crippen MR) is 45.5 cm³/mol. The highest BCUT2D eigenvalue weighted by Gasteiger charge is 2.08. The molecule has 0 fully saturated rings. The maximum absolute atomic E-state index is 10.9. The van der Waals surface area contributed by atoms with Crippen LogP contribution in [0.2, 0.25) is 0 Å². The van der Waals surface area contributed by atoms with Gasteiger partial charge in [0.2, 0.25) is 0 Å². The standard InChI is InChI=1S/C9H16O3/c1-4-8(10)12-9(11)6-5-7(2)3/h7H,4-6H2,1-3H3. The summed E-state index contributed by atoms with van der Waals surface area (Å²) in [6.45, 7) is 5.71. The Hall–Kier alpha value is -0.860. The van der Waals surface area contributed by atoms with Crippen LogP contribution in [0.3, 0.4) is 0 Å². The van der Waals surface area contributed by atoms with Gasteiger partial charge in [0, 0.05) is 12.8 Å². The van der Waals surface area contributed by atoms with Crippen LogP contribution in [0.25, 0.3) is 0 Å². The highest BCUT2D eigenvalue weighted by molar-refractivity contribution is 5.85. The number of hydrogen-bond donors (Lipinski definition) is 0. The fraction of sp³-hybridized carbons (Fsp3) is 0.778. The largest absolute Gasteiger partial charge is 0.393 e. The molecule has 0 radical (unpaired) electrons. The molecule has 0 aromatic carbocycles. The molecule has 3 nitrogen and oxygen atoms in total. The molecule has 70 valence electrons. The Kier molecular flexibility index (Phi) is 5.34. The lowest BCUT2D eigenvalue weighted by atomic mass is 10.1. The number of hydrogen-bond acceptors (Lipinski definition) is 3. The summed E-state index contributed by atoms with van der Waals surface area (Å²) in [5.41, 5.74) is 0. The van der Waals surface area contributed by atoms with E-state index in [1.54, 1.807) is 6.92 Å². The molecule has 0 unspecified atom stereocenters. The summed E-state index contributed by atoms with van der Waals surface area (Å²) in [7, 11) is 0. The van der Waals surface area contributed by atoms with Gasteiger partial charge >= 0.3 is 11.9 Å². The number of rotatable bonds is 4. The molecular formula is C9H16O3. The van der Waals surface area contributed by atoms with Gasteiger partial charge in [0.1, 0.15) is 0 Å². The summed E-state index contributed by atoms with van der Waals surface area (Å²) < 4.78 is 4.47. The normalized spacial score (nSPS) is 10.0. The van der Waals surface area contributed by atoms with E-state index >= 15 is 0 Å². The van der Waals surface area contributed by atoms with Crippen molar-refractivity contribution in [2.24, 2.45) is 5.92 Å². The molecule has 12 heavy (non-hydrogen) atoms. The van der Waals surface area contributed by atoms with E-state index in [1.165, 1.54) is 0 Å². The lowest BCUT2D eigenvalue weighted by Gasteiger charge is -2.03. The van der Waals surface area contributed by atoms with Crippen LogP contribution in [0.5, 0.6) is 0 Å². The number of carbonyl (C=O) groups excluding carboxylic acids is 2. The van der Waals surface area contributed by atoms with Crippen molar-refractivity contribution < 1.29 is 14.3 Å². The first-order valence-corrected chi connectivity index (χ1v) is 4.29. The van der Waals surface area contributed by atoms with Gasteiger partial charge in [0.15, 0.2) is 0 Å². The van der Waals surface area contributed by atoms with Crippen LogP contribution in [-0.2, 0) is 14.3 Å². The topological polar surface area (TPSA) is 43.4 Å². The molecule has 0 atom stereocenters. The van der Waals surface area contributed by atoms with Crippen molar-refractivity contribution in [1.82, 2.24) is 0 Å². The molecule has 0 saturated heterocycles. The Morgan fingerprint density at radius 2 is 1.83 bits per heavy atom. The molecule has 0 aliphatic heterocycles. The van der Waals surface area contributed by atoms with E-state index in [0.717, 1.165) is 6.42 Å². The second-order valence-corrected chi connectivity index (χ2v) is 3.13. The Labute approximate surface area is 73.1 Å². The minimum Gasteiger partial charge on any atom is -0.393 e. The van der Waals surface area contributed by atoms with Crippen molar-refractivity contribution in [3.8, 4) is 0 Å². The minimum atomic E-state index is -0.441. The average Bonchev–Trinajstić information content (AvgIpc) is 2.00. The van der Waals surface area contributed by atoms with E-state index in [2.05, 4.69) is 4.74 Å². The van der Waals surface area contributed by atoms with Gasteiger partial charge in [-0.25, -0.2) is 0 Å². The van der Waals surface area contributed by atoms with Crippen LogP contribution in [-0.4, -0.2) is 11.9 Å². The van der Waals surface area contributed by atoms with Crippen LogP contribution >= 0.6 is 0 Å². The summed E-state index contributed by atoms with van der Waals surface area (Å²) in [6, 6.07) is 0. The van der Waals surface area contributed by atoms with Crippen molar-refractivity contribution in [3.05, 3.63) is 0 Å². The molecule has 0 spiro atoms. The predicted octanol–water partition coefficient (Wildman–Crippen LogP) is 1.90. The molecule has 0 saturated carbocycles. The highest BCUT2D eigenvalue weighted by Crippen LogP contribution is 2.04. The molecule has 0 heterocycles. The van der Waals surface area contributed by atoms with Gasteiger partial charge < -0.3 is 4.74 Å². The summed E-state index contributed by atoms with van der Waals surface area (Å²) in [5, 5.41) is 0. The van der Waals surface area contributed by atoms with E-state index in [9.17, 15) is 9.59 Å². The third-order valence-electron chi connectivity index (χ3n) is 1.44. The first kappa shape index (κ1) is 11.1. The molecule has 3 heteroatoms. The van der Waals surface area contributed by atoms with Gasteiger partial charge in [-0.05, 0) is 12.3 Å². The monoisotopic (exact) mass is 172 g/mol. The van der Waals surface area contributed by atoms with Gasteiger partial charge in [-0.1, -0.05) is 20.8 Å².